The van der Waals surface area contributed by atoms with Gasteiger partial charge in [-0.3, -0.25) is 0 Å². The molecule has 13 heavy (non-hydrogen) atoms. The molecule has 0 spiro atoms. The van der Waals surface area contributed by atoms with E-state index in [0.717, 1.165) is 18.7 Å². The Morgan fingerprint density at radius 3 is 2.31 bits per heavy atom. The highest BCUT2D eigenvalue weighted by Gasteiger charge is 2.02. The van der Waals surface area contributed by atoms with Crippen LogP contribution in [0.1, 0.15) is 19.4 Å². The molecule has 0 atom stereocenters. The summed E-state index contributed by atoms with van der Waals surface area (Å²) < 4.78 is 0. The summed E-state index contributed by atoms with van der Waals surface area (Å²) in [5, 5.41) is 1.97. The van der Waals surface area contributed by atoms with Crippen LogP contribution in [0.15, 0.2) is 30.3 Å². The van der Waals surface area contributed by atoms with Crippen molar-refractivity contribution in [1.82, 2.24) is 5.01 Å². The Bertz CT molecular complexity index is 291. The molecular formula is C11H15N2+. The van der Waals surface area contributed by atoms with E-state index >= 15 is 0 Å². The Labute approximate surface area is 79.6 Å². The fourth-order valence-electron chi connectivity index (χ4n) is 1.01. The molecule has 2 heteroatoms. The van der Waals surface area contributed by atoms with Gasteiger partial charge in [0.25, 0.3) is 0 Å². The molecule has 0 saturated heterocycles. The minimum absolute atomic E-state index is 0.927. The maximum atomic E-state index is 4.21. The second kappa shape index (κ2) is 5.21. The van der Waals surface area contributed by atoms with E-state index in [2.05, 4.69) is 24.9 Å². The fraction of sp³-hybridized carbons (Fsp3) is 0.364. The Morgan fingerprint density at radius 1 is 1.15 bits per heavy atom. The lowest BCUT2D eigenvalue weighted by atomic mass is 10.2. The standard InChI is InChI=1S/C11H15N2/c1-3-13(4-2)12-10-11-8-6-5-7-9-11/h5-9H,3-4H2,1-2H3/q+1. The summed E-state index contributed by atoms with van der Waals surface area (Å²) in [5.41, 5.74) is 1.02. The number of hydrogen-bond donors (Lipinski definition) is 0. The van der Waals surface area contributed by atoms with Gasteiger partial charge in [0, 0.05) is 0 Å². The highest BCUT2D eigenvalue weighted by molar-refractivity contribution is 5.30. The first-order valence-corrected chi connectivity index (χ1v) is 4.63. The smallest absolute Gasteiger partial charge is 0.0696 e. The van der Waals surface area contributed by atoms with Crippen molar-refractivity contribution < 1.29 is 0 Å². The van der Waals surface area contributed by atoms with Crippen molar-refractivity contribution in [3.05, 3.63) is 40.8 Å². The zero-order valence-corrected chi connectivity index (χ0v) is 8.20. The summed E-state index contributed by atoms with van der Waals surface area (Å²) in [6.45, 7) is 6.02. The van der Waals surface area contributed by atoms with Crippen LogP contribution in [0.3, 0.4) is 0 Å². The van der Waals surface area contributed by atoms with Gasteiger partial charge in [-0.2, -0.15) is 0 Å². The zero-order chi connectivity index (χ0) is 9.52. The molecule has 0 aliphatic heterocycles. The lowest BCUT2D eigenvalue weighted by Gasteiger charge is -1.95. The van der Waals surface area contributed by atoms with Gasteiger partial charge in [-0.15, -0.1) is 0 Å². The van der Waals surface area contributed by atoms with Gasteiger partial charge in [-0.1, -0.05) is 23.2 Å². The van der Waals surface area contributed by atoms with Crippen LogP contribution in [0.4, 0.5) is 0 Å². The van der Waals surface area contributed by atoms with E-state index in [1.807, 2.05) is 35.3 Å². The summed E-state index contributed by atoms with van der Waals surface area (Å²) in [4.78, 5) is 4.21. The third kappa shape index (κ3) is 3.16. The van der Waals surface area contributed by atoms with Crippen LogP contribution in [0.25, 0.3) is 4.95 Å². The normalized spacial score (nSPS) is 8.77. The van der Waals surface area contributed by atoms with E-state index in [-0.39, 0.29) is 0 Å². The molecule has 0 aliphatic rings. The van der Waals surface area contributed by atoms with E-state index < -0.39 is 0 Å². The van der Waals surface area contributed by atoms with Crippen LogP contribution in [0.5, 0.6) is 0 Å². The van der Waals surface area contributed by atoms with E-state index in [1.165, 1.54) is 0 Å². The van der Waals surface area contributed by atoms with Crippen molar-refractivity contribution in [2.24, 2.45) is 0 Å². The molecule has 0 aliphatic carbocycles. The lowest BCUT2D eigenvalue weighted by Crippen LogP contribution is -2.12. The summed E-state index contributed by atoms with van der Waals surface area (Å²) in [6.07, 6.45) is 0. The average Bonchev–Trinajstić information content (AvgIpc) is 2.21. The van der Waals surface area contributed by atoms with Gasteiger partial charge in [0.05, 0.1) is 18.0 Å². The van der Waals surface area contributed by atoms with Gasteiger partial charge in [0.2, 0.25) is 0 Å². The Kier molecular flexibility index (Phi) is 3.84. The highest BCUT2D eigenvalue weighted by atomic mass is 15.4. The first-order valence-electron chi connectivity index (χ1n) is 4.63. The van der Waals surface area contributed by atoms with Crippen molar-refractivity contribution in [2.45, 2.75) is 13.8 Å². The van der Waals surface area contributed by atoms with Crippen molar-refractivity contribution in [2.75, 3.05) is 13.1 Å². The van der Waals surface area contributed by atoms with Crippen LogP contribution in [0.2, 0.25) is 0 Å². The molecule has 68 valence electrons. The molecule has 2 nitrogen and oxygen atoms in total. The van der Waals surface area contributed by atoms with Gasteiger partial charge in [-0.25, -0.2) is 0 Å². The topological polar surface area (TPSA) is 7.60 Å². The van der Waals surface area contributed by atoms with Crippen LogP contribution >= 0.6 is 0 Å². The van der Waals surface area contributed by atoms with Crippen LogP contribution < -0.4 is 0 Å². The van der Waals surface area contributed by atoms with Crippen LogP contribution in [-0.2, 0) is 0 Å². The molecule has 0 heterocycles. The summed E-state index contributed by atoms with van der Waals surface area (Å²) in [6, 6.07) is 12.9. The third-order valence-electron chi connectivity index (χ3n) is 1.82. The molecule has 1 rings (SSSR count). The molecule has 0 radical (unpaired) electrons. The molecule has 0 fully saturated rings. The zero-order valence-electron chi connectivity index (χ0n) is 8.20. The van der Waals surface area contributed by atoms with Gasteiger partial charge in [0.15, 0.2) is 0 Å². The Balaban J connectivity index is 2.66. The van der Waals surface area contributed by atoms with Crippen LogP contribution in [0, 0.1) is 6.07 Å². The first-order chi connectivity index (χ1) is 6.36. The van der Waals surface area contributed by atoms with Gasteiger partial charge >= 0.3 is 6.07 Å². The third-order valence-corrected chi connectivity index (χ3v) is 1.82. The number of rotatable bonds is 2. The quantitative estimate of drug-likeness (QED) is 0.627. The number of benzene rings is 1. The Hall–Kier alpha value is -1.49. The maximum absolute atomic E-state index is 4.21. The van der Waals surface area contributed by atoms with Crippen molar-refractivity contribution in [1.29, 1.82) is 0 Å². The summed E-state index contributed by atoms with van der Waals surface area (Å²) in [5.74, 6) is 0. The van der Waals surface area contributed by atoms with Crippen molar-refractivity contribution in [3.8, 4) is 6.07 Å². The maximum Gasteiger partial charge on any atom is 0.357 e. The predicted molar refractivity (Wildman–Crippen MR) is 55.7 cm³/mol. The molecule has 0 aromatic heterocycles. The predicted octanol–water partition coefficient (Wildman–Crippen LogP) is 2.62. The summed E-state index contributed by atoms with van der Waals surface area (Å²) >= 11 is 0. The molecule has 0 unspecified atom stereocenters. The summed E-state index contributed by atoms with van der Waals surface area (Å²) in [7, 11) is 0. The van der Waals surface area contributed by atoms with Gasteiger partial charge < -0.3 is 0 Å². The molecule has 1 aromatic rings. The highest BCUT2D eigenvalue weighted by Crippen LogP contribution is 1.96. The van der Waals surface area contributed by atoms with Gasteiger partial charge in [0.1, 0.15) is 5.56 Å². The van der Waals surface area contributed by atoms with Crippen LogP contribution in [-0.4, -0.2) is 18.1 Å². The molecular weight excluding hydrogens is 160 g/mol. The first kappa shape index (κ1) is 9.60. The SMILES string of the molecule is CCN(CC)[N+]#Cc1ccccc1. The van der Waals surface area contributed by atoms with E-state index in [1.54, 1.807) is 0 Å². The lowest BCUT2D eigenvalue weighted by molar-refractivity contribution is 0.413. The van der Waals surface area contributed by atoms with E-state index in [9.17, 15) is 0 Å². The number of nitrogens with zero attached hydrogens (tertiary/aromatic N) is 2. The second-order valence-electron chi connectivity index (χ2n) is 2.72. The van der Waals surface area contributed by atoms with Gasteiger partial charge in [-0.05, 0) is 26.0 Å². The molecule has 1 aromatic carbocycles. The molecule has 0 bridgehead atoms. The minimum atomic E-state index is 0.927. The van der Waals surface area contributed by atoms with Crippen molar-refractivity contribution >= 4 is 0 Å². The van der Waals surface area contributed by atoms with E-state index in [4.69, 9.17) is 0 Å². The largest absolute Gasteiger partial charge is 0.357 e. The molecule has 0 amide bonds. The fourth-order valence-corrected chi connectivity index (χ4v) is 1.01. The van der Waals surface area contributed by atoms with Crippen molar-refractivity contribution in [3.63, 3.8) is 0 Å². The second-order valence-corrected chi connectivity index (χ2v) is 2.72. The minimum Gasteiger partial charge on any atom is -0.0696 e. The monoisotopic (exact) mass is 175 g/mol. The molecule has 0 saturated carbocycles. The Morgan fingerprint density at radius 2 is 1.77 bits per heavy atom. The molecule has 0 N–H and O–H groups in total. The number of hydrogen-bond acceptors (Lipinski definition) is 1. The van der Waals surface area contributed by atoms with E-state index in [0.29, 0.717) is 0 Å². The average molecular weight is 175 g/mol.